The van der Waals surface area contributed by atoms with Gasteiger partial charge in [0.1, 0.15) is 10.7 Å². The third-order valence-corrected chi connectivity index (χ3v) is 5.41. The molecule has 2 N–H and O–H groups in total. The maximum Gasteiger partial charge on any atom is 0.287 e. The number of rotatable bonds is 4. The molecule has 2 rings (SSSR count). The first kappa shape index (κ1) is 19.0. The van der Waals surface area contributed by atoms with Gasteiger partial charge < -0.3 is 15.1 Å². The van der Waals surface area contributed by atoms with Gasteiger partial charge in [0, 0.05) is 32.7 Å². The fourth-order valence-corrected chi connectivity index (χ4v) is 3.32. The largest absolute Gasteiger partial charge is 0.455 e. The molecule has 7 nitrogen and oxygen atoms in total. The second-order valence-corrected chi connectivity index (χ2v) is 7.46. The van der Waals surface area contributed by atoms with E-state index in [9.17, 15) is 13.2 Å². The molecule has 2 heterocycles. The fraction of sp³-hybridized carbons (Fsp3) is 0.615. The van der Waals surface area contributed by atoms with Crippen molar-refractivity contribution in [3.63, 3.8) is 0 Å². The van der Waals surface area contributed by atoms with Crippen LogP contribution >= 0.6 is 12.4 Å². The summed E-state index contributed by atoms with van der Waals surface area (Å²) in [6.07, 6.45) is 1.91. The highest BCUT2D eigenvalue weighted by Gasteiger charge is 2.26. The molecule has 1 aliphatic heterocycles. The Bertz CT molecular complexity index is 621. The number of hydrogen-bond acceptors (Lipinski definition) is 5. The predicted molar refractivity (Wildman–Crippen MR) is 84.9 cm³/mol. The predicted octanol–water partition coefficient (Wildman–Crippen LogP) is 0.742. The summed E-state index contributed by atoms with van der Waals surface area (Å²) in [5.74, 6) is -0.138. The number of nitrogens with one attached hydrogen (secondary N) is 2. The number of carbonyl (C=O) groups is 1. The molecule has 1 aliphatic rings. The van der Waals surface area contributed by atoms with Gasteiger partial charge in [-0.15, -0.1) is 12.4 Å². The average molecular weight is 352 g/mol. The lowest BCUT2D eigenvalue weighted by molar-refractivity contribution is 0.0901. The molecule has 0 radical (unpaired) electrons. The van der Waals surface area contributed by atoms with Crippen molar-refractivity contribution in [1.82, 2.24) is 14.9 Å². The molecule has 1 aromatic rings. The number of sulfonamides is 1. The normalized spacial score (nSPS) is 18.8. The van der Waals surface area contributed by atoms with Crippen LogP contribution in [0.25, 0.3) is 0 Å². The summed E-state index contributed by atoms with van der Waals surface area (Å²) < 4.78 is 30.6. The molecule has 0 aromatic carbocycles. The first-order valence-corrected chi connectivity index (χ1v) is 8.31. The van der Waals surface area contributed by atoms with Crippen molar-refractivity contribution in [2.24, 2.45) is 0 Å². The third-order valence-electron chi connectivity index (χ3n) is 3.49. The standard InChI is InChI=1S/C13H21N3O4S.ClH/c1-9-12(21(18,19)16(2)3)7-11(20-9)13(17)15-10-5-4-6-14-8-10;/h7,10,14H,4-6,8H2,1-3H3,(H,15,17);1H/t10-;/m0./s1. The lowest BCUT2D eigenvalue weighted by atomic mass is 10.1. The van der Waals surface area contributed by atoms with E-state index < -0.39 is 10.0 Å². The number of hydrogen-bond donors (Lipinski definition) is 2. The van der Waals surface area contributed by atoms with E-state index >= 15 is 0 Å². The maximum atomic E-state index is 12.1. The quantitative estimate of drug-likeness (QED) is 0.834. The minimum absolute atomic E-state index is 0. The highest BCUT2D eigenvalue weighted by atomic mass is 35.5. The molecule has 0 bridgehead atoms. The molecule has 0 aliphatic carbocycles. The van der Waals surface area contributed by atoms with Crippen LogP contribution in [0.5, 0.6) is 0 Å². The van der Waals surface area contributed by atoms with Crippen molar-refractivity contribution in [3.8, 4) is 0 Å². The molecule has 126 valence electrons. The Morgan fingerprint density at radius 3 is 2.68 bits per heavy atom. The average Bonchev–Trinajstić information content (AvgIpc) is 2.82. The highest BCUT2D eigenvalue weighted by Crippen LogP contribution is 2.22. The SMILES string of the molecule is Cc1oc(C(=O)N[C@H]2CCCNC2)cc1S(=O)(=O)N(C)C.Cl. The van der Waals surface area contributed by atoms with Crippen molar-refractivity contribution >= 4 is 28.3 Å². The van der Waals surface area contributed by atoms with Crippen LogP contribution in [0.15, 0.2) is 15.4 Å². The molecule has 1 fully saturated rings. The van der Waals surface area contributed by atoms with Crippen LogP contribution in [0, 0.1) is 6.92 Å². The summed E-state index contributed by atoms with van der Waals surface area (Å²) in [5, 5.41) is 6.05. The van der Waals surface area contributed by atoms with E-state index in [2.05, 4.69) is 10.6 Å². The number of halogens is 1. The van der Waals surface area contributed by atoms with Crippen molar-refractivity contribution in [1.29, 1.82) is 0 Å². The van der Waals surface area contributed by atoms with Crippen molar-refractivity contribution < 1.29 is 17.6 Å². The molecule has 22 heavy (non-hydrogen) atoms. The lowest BCUT2D eigenvalue weighted by Crippen LogP contribution is -2.45. The van der Waals surface area contributed by atoms with Crippen LogP contribution in [0.1, 0.15) is 29.2 Å². The van der Waals surface area contributed by atoms with Crippen LogP contribution in [-0.4, -0.2) is 51.9 Å². The first-order chi connectivity index (χ1) is 9.82. The van der Waals surface area contributed by atoms with Crippen molar-refractivity contribution in [2.75, 3.05) is 27.2 Å². The monoisotopic (exact) mass is 351 g/mol. The van der Waals surface area contributed by atoms with Crippen LogP contribution < -0.4 is 10.6 Å². The number of aryl methyl sites for hydroxylation is 1. The molecular weight excluding hydrogens is 330 g/mol. The van der Waals surface area contributed by atoms with Gasteiger partial charge in [0.2, 0.25) is 10.0 Å². The minimum Gasteiger partial charge on any atom is -0.455 e. The van der Waals surface area contributed by atoms with Gasteiger partial charge in [-0.1, -0.05) is 0 Å². The molecule has 9 heteroatoms. The Morgan fingerprint density at radius 1 is 1.45 bits per heavy atom. The molecule has 0 saturated carbocycles. The van der Waals surface area contributed by atoms with E-state index in [1.54, 1.807) is 0 Å². The Morgan fingerprint density at radius 2 is 2.14 bits per heavy atom. The Labute approximate surface area is 136 Å². The van der Waals surface area contributed by atoms with Crippen LogP contribution in [0.4, 0.5) is 0 Å². The van der Waals surface area contributed by atoms with Gasteiger partial charge in [0.05, 0.1) is 0 Å². The zero-order chi connectivity index (χ0) is 15.6. The van der Waals surface area contributed by atoms with Gasteiger partial charge in [-0.3, -0.25) is 4.79 Å². The Balaban J connectivity index is 0.00000242. The van der Waals surface area contributed by atoms with E-state index in [4.69, 9.17) is 4.42 Å². The van der Waals surface area contributed by atoms with Crippen LogP contribution in [-0.2, 0) is 10.0 Å². The number of carbonyl (C=O) groups excluding carboxylic acids is 1. The summed E-state index contributed by atoms with van der Waals surface area (Å²) >= 11 is 0. The lowest BCUT2D eigenvalue weighted by Gasteiger charge is -2.23. The number of furan rings is 1. The first-order valence-electron chi connectivity index (χ1n) is 6.87. The van der Waals surface area contributed by atoms with Gasteiger partial charge in [-0.25, -0.2) is 12.7 Å². The van der Waals surface area contributed by atoms with E-state index in [0.29, 0.717) is 6.54 Å². The Kier molecular flexibility index (Phi) is 6.42. The Hall–Kier alpha value is -1.09. The minimum atomic E-state index is -3.61. The van der Waals surface area contributed by atoms with Gasteiger partial charge in [-0.2, -0.15) is 0 Å². The van der Waals surface area contributed by atoms with Crippen molar-refractivity contribution in [3.05, 3.63) is 17.6 Å². The molecule has 1 saturated heterocycles. The fourth-order valence-electron chi connectivity index (χ4n) is 2.26. The van der Waals surface area contributed by atoms with Gasteiger partial charge >= 0.3 is 0 Å². The molecule has 1 amide bonds. The van der Waals surface area contributed by atoms with Crippen molar-refractivity contribution in [2.45, 2.75) is 30.7 Å². The topological polar surface area (TPSA) is 91.6 Å². The van der Waals surface area contributed by atoms with E-state index in [-0.39, 0.29) is 40.8 Å². The third kappa shape index (κ3) is 4.01. The number of amides is 1. The summed E-state index contributed by atoms with van der Waals surface area (Å²) in [4.78, 5) is 12.2. The van der Waals surface area contributed by atoms with Gasteiger partial charge in [0.25, 0.3) is 5.91 Å². The second kappa shape index (κ2) is 7.45. The second-order valence-electron chi connectivity index (χ2n) is 5.34. The van der Waals surface area contributed by atoms with Crippen LogP contribution in [0.3, 0.4) is 0 Å². The molecule has 0 spiro atoms. The summed E-state index contributed by atoms with van der Waals surface area (Å²) in [6, 6.07) is 1.33. The zero-order valence-corrected chi connectivity index (χ0v) is 14.5. The molecule has 1 atom stereocenters. The molecule has 0 unspecified atom stereocenters. The summed E-state index contributed by atoms with van der Waals surface area (Å²) in [6.45, 7) is 3.21. The number of nitrogens with zero attached hydrogens (tertiary/aromatic N) is 1. The zero-order valence-electron chi connectivity index (χ0n) is 12.9. The summed E-state index contributed by atoms with van der Waals surface area (Å²) in [7, 11) is -0.727. The smallest absolute Gasteiger partial charge is 0.287 e. The number of piperidine rings is 1. The summed E-state index contributed by atoms with van der Waals surface area (Å²) in [5.41, 5.74) is 0. The van der Waals surface area contributed by atoms with Gasteiger partial charge in [-0.05, 0) is 26.3 Å². The maximum absolute atomic E-state index is 12.1. The van der Waals surface area contributed by atoms with Crippen LogP contribution in [0.2, 0.25) is 0 Å². The van der Waals surface area contributed by atoms with Gasteiger partial charge in [0.15, 0.2) is 5.76 Å². The molecule has 1 aromatic heterocycles. The van der Waals surface area contributed by atoms with E-state index in [0.717, 1.165) is 23.7 Å². The highest BCUT2D eigenvalue weighted by molar-refractivity contribution is 7.89. The van der Waals surface area contributed by atoms with E-state index in [1.165, 1.54) is 27.1 Å². The molecular formula is C13H22ClN3O4S. The van der Waals surface area contributed by atoms with E-state index in [1.807, 2.05) is 0 Å².